The molecular weight excluding hydrogens is 444 g/mol. The second-order valence-corrected chi connectivity index (χ2v) is 11.9. The molecule has 0 amide bonds. The van der Waals surface area contributed by atoms with Crippen molar-refractivity contribution in [1.82, 2.24) is 0 Å². The van der Waals surface area contributed by atoms with Crippen molar-refractivity contribution in [2.45, 2.75) is 70.3 Å². The standard InChI is InChI=1S/C20H22O.C13H18O2/c1-20(2,3)18-12-8-16(9-13-18)6-4-5-7-17-10-14-19(21)15-11-17;1-2-12(14)15-13-6-9-3-10(7-13)5-11(4-9)8-13/h4-15,21H,1-3H3;2,9-11H,1,3-8H2. The van der Waals surface area contributed by atoms with E-state index < -0.39 is 0 Å². The van der Waals surface area contributed by atoms with Crippen LogP contribution in [0.4, 0.5) is 0 Å². The summed E-state index contributed by atoms with van der Waals surface area (Å²) in [5.41, 5.74) is 3.71. The van der Waals surface area contributed by atoms with Gasteiger partial charge in [0.1, 0.15) is 11.4 Å². The number of phenolic OH excluding ortho intramolecular Hbond substituents is 1. The maximum absolute atomic E-state index is 11.4. The van der Waals surface area contributed by atoms with Crippen LogP contribution in [0, 0.1) is 17.8 Å². The Labute approximate surface area is 216 Å². The van der Waals surface area contributed by atoms with Gasteiger partial charge in [-0.25, -0.2) is 4.79 Å². The SMILES string of the molecule is C=CC(=O)OC12CC3CC(CC(C3)C1)C2.CC(C)(C)c1ccc(C=CC=Cc2ccc(O)cc2)cc1. The third-order valence-electron chi connectivity index (χ3n) is 7.82. The van der Waals surface area contributed by atoms with E-state index in [1.54, 1.807) is 12.1 Å². The molecule has 0 radical (unpaired) electrons. The van der Waals surface area contributed by atoms with Crippen molar-refractivity contribution in [1.29, 1.82) is 0 Å². The van der Waals surface area contributed by atoms with Gasteiger partial charge in [-0.1, -0.05) is 88.1 Å². The first-order valence-corrected chi connectivity index (χ1v) is 13.2. The lowest BCUT2D eigenvalue weighted by Gasteiger charge is -2.55. The van der Waals surface area contributed by atoms with Gasteiger partial charge in [0.25, 0.3) is 0 Å². The van der Waals surface area contributed by atoms with Gasteiger partial charge >= 0.3 is 5.97 Å². The zero-order chi connectivity index (χ0) is 25.8. The molecule has 190 valence electrons. The van der Waals surface area contributed by atoms with Crippen LogP contribution in [-0.2, 0) is 14.9 Å². The van der Waals surface area contributed by atoms with Crippen LogP contribution >= 0.6 is 0 Å². The average molecular weight is 485 g/mol. The fourth-order valence-electron chi connectivity index (χ4n) is 6.42. The zero-order valence-electron chi connectivity index (χ0n) is 22.0. The lowest BCUT2D eigenvalue weighted by atomic mass is 9.54. The highest BCUT2D eigenvalue weighted by molar-refractivity contribution is 5.81. The second-order valence-electron chi connectivity index (χ2n) is 11.9. The smallest absolute Gasteiger partial charge is 0.330 e. The summed E-state index contributed by atoms with van der Waals surface area (Å²) in [7, 11) is 0. The van der Waals surface area contributed by atoms with Crippen molar-refractivity contribution >= 4 is 18.1 Å². The fraction of sp³-hybridized carbons (Fsp3) is 0.424. The fourth-order valence-corrected chi connectivity index (χ4v) is 6.42. The molecule has 2 aromatic carbocycles. The van der Waals surface area contributed by atoms with E-state index in [1.807, 2.05) is 30.4 Å². The van der Waals surface area contributed by atoms with Gasteiger partial charge in [0.05, 0.1) is 0 Å². The Morgan fingerprint density at radius 1 is 0.861 bits per heavy atom. The van der Waals surface area contributed by atoms with Gasteiger partial charge in [-0.3, -0.25) is 0 Å². The van der Waals surface area contributed by atoms with Crippen molar-refractivity contribution < 1.29 is 14.6 Å². The average Bonchev–Trinajstić information content (AvgIpc) is 2.82. The topological polar surface area (TPSA) is 46.5 Å². The van der Waals surface area contributed by atoms with E-state index in [9.17, 15) is 9.90 Å². The highest BCUT2D eigenvalue weighted by Gasteiger charge is 2.52. The van der Waals surface area contributed by atoms with E-state index >= 15 is 0 Å². The number of benzene rings is 2. The number of carbonyl (C=O) groups excluding carboxylic acids is 1. The highest BCUT2D eigenvalue weighted by atomic mass is 16.6. The Kier molecular flexibility index (Phi) is 7.88. The Hall–Kier alpha value is -3.07. The molecule has 6 rings (SSSR count). The zero-order valence-corrected chi connectivity index (χ0v) is 22.0. The molecule has 0 atom stereocenters. The van der Waals surface area contributed by atoms with Gasteiger partial charge < -0.3 is 9.84 Å². The number of hydrogen-bond donors (Lipinski definition) is 1. The number of ether oxygens (including phenoxy) is 1. The molecular formula is C33H40O3. The molecule has 0 unspecified atom stereocenters. The number of carbonyl (C=O) groups is 1. The summed E-state index contributed by atoms with van der Waals surface area (Å²) in [6, 6.07) is 15.8. The minimum absolute atomic E-state index is 0.0972. The molecule has 4 saturated carbocycles. The molecule has 3 heteroatoms. The highest BCUT2D eigenvalue weighted by Crippen LogP contribution is 2.57. The van der Waals surface area contributed by atoms with E-state index in [1.165, 1.54) is 36.5 Å². The molecule has 1 N–H and O–H groups in total. The summed E-state index contributed by atoms with van der Waals surface area (Å²) < 4.78 is 5.64. The number of esters is 1. The molecule has 4 aliphatic carbocycles. The van der Waals surface area contributed by atoms with Crippen LogP contribution < -0.4 is 0 Å². The second kappa shape index (κ2) is 10.9. The third kappa shape index (κ3) is 6.78. The predicted octanol–water partition coefficient (Wildman–Crippen LogP) is 8.10. The molecule has 0 aliphatic heterocycles. The molecule has 4 bridgehead atoms. The van der Waals surface area contributed by atoms with Crippen LogP contribution in [0.5, 0.6) is 5.75 Å². The Morgan fingerprint density at radius 3 is 1.72 bits per heavy atom. The number of rotatable bonds is 5. The van der Waals surface area contributed by atoms with E-state index in [-0.39, 0.29) is 17.0 Å². The summed E-state index contributed by atoms with van der Waals surface area (Å²) in [5.74, 6) is 2.55. The van der Waals surface area contributed by atoms with Crippen LogP contribution in [0.3, 0.4) is 0 Å². The Balaban J connectivity index is 0.000000178. The lowest BCUT2D eigenvalue weighted by Crippen LogP contribution is -2.52. The summed E-state index contributed by atoms with van der Waals surface area (Å²) >= 11 is 0. The van der Waals surface area contributed by atoms with Gasteiger partial charge in [0, 0.05) is 6.08 Å². The van der Waals surface area contributed by atoms with Crippen LogP contribution in [0.2, 0.25) is 0 Å². The Morgan fingerprint density at radius 2 is 1.31 bits per heavy atom. The monoisotopic (exact) mass is 484 g/mol. The van der Waals surface area contributed by atoms with E-state index in [4.69, 9.17) is 4.74 Å². The number of aromatic hydroxyl groups is 1. The van der Waals surface area contributed by atoms with Crippen molar-refractivity contribution in [3.8, 4) is 5.75 Å². The summed E-state index contributed by atoms with van der Waals surface area (Å²) in [5, 5.41) is 9.22. The summed E-state index contributed by atoms with van der Waals surface area (Å²) in [6.45, 7) is 10.1. The summed E-state index contributed by atoms with van der Waals surface area (Å²) in [6.07, 6.45) is 16.9. The molecule has 36 heavy (non-hydrogen) atoms. The van der Waals surface area contributed by atoms with Crippen LogP contribution in [0.1, 0.15) is 76.0 Å². The van der Waals surface area contributed by atoms with Crippen LogP contribution in [-0.4, -0.2) is 16.7 Å². The maximum atomic E-state index is 11.4. The molecule has 0 spiro atoms. The molecule has 0 saturated heterocycles. The minimum Gasteiger partial charge on any atom is -0.508 e. The van der Waals surface area contributed by atoms with E-state index in [0.29, 0.717) is 5.75 Å². The normalized spacial score (nSPS) is 26.6. The molecule has 4 fully saturated rings. The minimum atomic E-state index is -0.225. The molecule has 4 aliphatic rings. The number of phenols is 1. The van der Waals surface area contributed by atoms with Crippen molar-refractivity contribution in [2.24, 2.45) is 17.8 Å². The van der Waals surface area contributed by atoms with Gasteiger partial charge in [-0.2, -0.15) is 0 Å². The number of hydrogen-bond acceptors (Lipinski definition) is 3. The third-order valence-corrected chi connectivity index (χ3v) is 7.82. The number of allylic oxidation sites excluding steroid dienone is 2. The van der Waals surface area contributed by atoms with Crippen molar-refractivity contribution in [3.63, 3.8) is 0 Å². The molecule has 3 nitrogen and oxygen atoms in total. The predicted molar refractivity (Wildman–Crippen MR) is 149 cm³/mol. The Bertz CT molecular complexity index is 1060. The van der Waals surface area contributed by atoms with E-state index in [0.717, 1.165) is 42.6 Å². The first-order valence-electron chi connectivity index (χ1n) is 13.2. The van der Waals surface area contributed by atoms with Gasteiger partial charge in [-0.15, -0.1) is 0 Å². The van der Waals surface area contributed by atoms with Crippen LogP contribution in [0.25, 0.3) is 12.2 Å². The quantitative estimate of drug-likeness (QED) is 0.265. The lowest BCUT2D eigenvalue weighted by molar-refractivity contribution is -0.181. The van der Waals surface area contributed by atoms with E-state index in [2.05, 4.69) is 57.7 Å². The van der Waals surface area contributed by atoms with Crippen LogP contribution in [0.15, 0.2) is 73.3 Å². The first-order chi connectivity index (χ1) is 17.1. The maximum Gasteiger partial charge on any atom is 0.330 e. The van der Waals surface area contributed by atoms with Crippen molar-refractivity contribution in [3.05, 3.63) is 90.0 Å². The molecule has 0 aromatic heterocycles. The summed E-state index contributed by atoms with van der Waals surface area (Å²) in [4.78, 5) is 11.4. The first kappa shape index (κ1) is 26.0. The molecule has 0 heterocycles. The molecule has 2 aromatic rings. The van der Waals surface area contributed by atoms with Gasteiger partial charge in [-0.05, 0) is 90.5 Å². The largest absolute Gasteiger partial charge is 0.508 e. The van der Waals surface area contributed by atoms with Gasteiger partial charge in [0.15, 0.2) is 0 Å². The van der Waals surface area contributed by atoms with Gasteiger partial charge in [0.2, 0.25) is 0 Å². The van der Waals surface area contributed by atoms with Crippen molar-refractivity contribution in [2.75, 3.05) is 0 Å².